The van der Waals surface area contributed by atoms with Crippen molar-refractivity contribution in [3.8, 4) is 0 Å². The molecule has 3 aromatic rings. The highest BCUT2D eigenvalue weighted by Gasteiger charge is 2.56. The summed E-state index contributed by atoms with van der Waals surface area (Å²) in [5, 5.41) is 0. The van der Waals surface area contributed by atoms with Crippen molar-refractivity contribution in [2.75, 3.05) is 0 Å². The number of Topliss-reactive ketones (excluding diaryl/α,β-unsaturated/α-hetero) is 2. The van der Waals surface area contributed by atoms with E-state index in [4.69, 9.17) is 0 Å². The first-order valence-electron chi connectivity index (χ1n) is 8.02. The third kappa shape index (κ3) is 2.45. The average molecular weight is 393 g/mol. The topological polar surface area (TPSA) is 38.0 Å². The molecule has 2 aromatic carbocycles. The van der Waals surface area contributed by atoms with Crippen molar-refractivity contribution in [2.24, 2.45) is 0 Å². The predicted octanol–water partition coefficient (Wildman–Crippen LogP) is 3.75. The molecule has 1 aliphatic carbocycles. The highest BCUT2D eigenvalue weighted by Crippen LogP contribution is 2.40. The van der Waals surface area contributed by atoms with Gasteiger partial charge in [-0.1, -0.05) is 58.4 Å². The number of benzene rings is 2. The fourth-order valence-corrected chi connectivity index (χ4v) is 3.75. The Balaban J connectivity index is 1.93. The number of fused-ring (bicyclic) bond motifs is 1. The zero-order valence-electron chi connectivity index (χ0n) is 13.4. The summed E-state index contributed by atoms with van der Waals surface area (Å²) in [6.07, 6.45) is 3.76. The number of pyridine rings is 1. The summed E-state index contributed by atoms with van der Waals surface area (Å²) in [4.78, 5) is 26.7. The number of ketones is 2. The van der Waals surface area contributed by atoms with Gasteiger partial charge in [0.05, 0.1) is 0 Å². The minimum absolute atomic E-state index is 0.133. The molecule has 1 aliphatic rings. The number of hydrogen-bond acceptors (Lipinski definition) is 2. The molecule has 3 nitrogen and oxygen atoms in total. The van der Waals surface area contributed by atoms with E-state index >= 15 is 0 Å². The Morgan fingerprint density at radius 3 is 1.88 bits per heavy atom. The summed E-state index contributed by atoms with van der Waals surface area (Å²) in [6.45, 7) is 0.280. The lowest BCUT2D eigenvalue weighted by atomic mass is 9.75. The van der Waals surface area contributed by atoms with Crippen LogP contribution in [0.2, 0.25) is 0 Å². The molecule has 0 unspecified atom stereocenters. The number of rotatable bonds is 3. The maximum absolute atomic E-state index is 13.4. The second kappa shape index (κ2) is 6.05. The van der Waals surface area contributed by atoms with E-state index in [1.165, 1.54) is 0 Å². The Morgan fingerprint density at radius 1 is 0.760 bits per heavy atom. The first-order valence-corrected chi connectivity index (χ1v) is 8.81. The van der Waals surface area contributed by atoms with Crippen LogP contribution >= 0.6 is 15.9 Å². The zero-order chi connectivity index (χ0) is 17.4. The van der Waals surface area contributed by atoms with Gasteiger partial charge in [0, 0.05) is 27.7 Å². The Hall–Kier alpha value is -2.59. The standard InChI is InChI=1S/C21H15BrNO2/c22-16-10-8-15(9-11-16)21(14-23-12-4-1-5-13-23)19(24)17-6-2-3-7-18(17)20(21)25/h1-13H,14H2/q+1. The van der Waals surface area contributed by atoms with Crippen molar-refractivity contribution in [3.05, 3.63) is 100 Å². The van der Waals surface area contributed by atoms with Crippen LogP contribution in [0.1, 0.15) is 26.3 Å². The van der Waals surface area contributed by atoms with Crippen molar-refractivity contribution in [2.45, 2.75) is 12.0 Å². The van der Waals surface area contributed by atoms with E-state index in [1.54, 1.807) is 24.3 Å². The molecule has 1 heterocycles. The average Bonchev–Trinajstić information content (AvgIpc) is 2.86. The molecule has 0 atom stereocenters. The summed E-state index contributed by atoms with van der Waals surface area (Å²) in [5.74, 6) is -0.265. The molecule has 0 spiro atoms. The molecule has 0 N–H and O–H groups in total. The molecule has 0 amide bonds. The van der Waals surface area contributed by atoms with Gasteiger partial charge < -0.3 is 0 Å². The third-order valence-electron chi connectivity index (χ3n) is 4.73. The Morgan fingerprint density at radius 2 is 1.32 bits per heavy atom. The molecule has 0 aliphatic heterocycles. The van der Waals surface area contributed by atoms with E-state index < -0.39 is 5.41 Å². The first-order chi connectivity index (χ1) is 12.1. The molecule has 0 saturated heterocycles. The molecule has 0 radical (unpaired) electrons. The molecular formula is C21H15BrNO2+. The number of hydrogen-bond donors (Lipinski definition) is 0. The number of nitrogens with zero attached hydrogens (tertiary/aromatic N) is 1. The Labute approximate surface area is 154 Å². The van der Waals surface area contributed by atoms with E-state index in [0.29, 0.717) is 11.1 Å². The van der Waals surface area contributed by atoms with Crippen LogP contribution in [0, 0.1) is 0 Å². The van der Waals surface area contributed by atoms with Gasteiger partial charge in [-0.25, -0.2) is 4.57 Å². The lowest BCUT2D eigenvalue weighted by Crippen LogP contribution is -2.52. The van der Waals surface area contributed by atoms with Crippen LogP contribution in [0.15, 0.2) is 83.6 Å². The van der Waals surface area contributed by atoms with Crippen LogP contribution in [-0.2, 0) is 12.0 Å². The van der Waals surface area contributed by atoms with Crippen molar-refractivity contribution in [3.63, 3.8) is 0 Å². The minimum Gasteiger partial charge on any atom is -0.292 e. The van der Waals surface area contributed by atoms with E-state index in [-0.39, 0.29) is 18.1 Å². The van der Waals surface area contributed by atoms with Crippen LogP contribution < -0.4 is 4.57 Å². The van der Waals surface area contributed by atoms with Gasteiger partial charge >= 0.3 is 0 Å². The van der Waals surface area contributed by atoms with E-state index in [0.717, 1.165) is 10.0 Å². The van der Waals surface area contributed by atoms with Crippen LogP contribution in [-0.4, -0.2) is 11.6 Å². The molecule has 1 aromatic heterocycles. The molecule has 0 saturated carbocycles. The number of aromatic nitrogens is 1. The van der Waals surface area contributed by atoms with Crippen molar-refractivity contribution in [1.29, 1.82) is 0 Å². The lowest BCUT2D eigenvalue weighted by molar-refractivity contribution is -0.700. The van der Waals surface area contributed by atoms with Gasteiger partial charge in [-0.2, -0.15) is 0 Å². The normalized spacial score (nSPS) is 15.2. The van der Waals surface area contributed by atoms with Crippen molar-refractivity contribution < 1.29 is 14.2 Å². The fourth-order valence-electron chi connectivity index (χ4n) is 3.49. The van der Waals surface area contributed by atoms with Crippen molar-refractivity contribution >= 4 is 27.5 Å². The second-order valence-corrected chi connectivity index (χ2v) is 7.08. The molecule has 0 fully saturated rings. The van der Waals surface area contributed by atoms with Gasteiger partial charge in [-0.05, 0) is 17.7 Å². The summed E-state index contributed by atoms with van der Waals surface area (Å²) >= 11 is 3.42. The minimum atomic E-state index is -1.23. The summed E-state index contributed by atoms with van der Waals surface area (Å²) in [5.41, 5.74) is 0.508. The number of carbonyl (C=O) groups excluding carboxylic acids is 2. The molecule has 4 heteroatoms. The smallest absolute Gasteiger partial charge is 0.188 e. The molecule has 4 rings (SSSR count). The largest absolute Gasteiger partial charge is 0.292 e. The van der Waals surface area contributed by atoms with Gasteiger partial charge in [0.1, 0.15) is 0 Å². The van der Waals surface area contributed by atoms with Crippen LogP contribution in [0.5, 0.6) is 0 Å². The highest BCUT2D eigenvalue weighted by atomic mass is 79.9. The summed E-state index contributed by atoms with van der Waals surface area (Å²) < 4.78 is 2.80. The SMILES string of the molecule is O=C1c2ccccc2C(=O)C1(C[n+]1ccccc1)c1ccc(Br)cc1. The van der Waals surface area contributed by atoms with Crippen molar-refractivity contribution in [1.82, 2.24) is 0 Å². The van der Waals surface area contributed by atoms with Gasteiger partial charge in [0.25, 0.3) is 0 Å². The van der Waals surface area contributed by atoms with Gasteiger partial charge in [0.15, 0.2) is 35.9 Å². The number of carbonyl (C=O) groups is 2. The molecule has 122 valence electrons. The number of halogens is 1. The van der Waals surface area contributed by atoms with E-state index in [1.807, 2.05) is 59.4 Å². The highest BCUT2D eigenvalue weighted by molar-refractivity contribution is 9.10. The summed E-state index contributed by atoms with van der Waals surface area (Å²) in [7, 11) is 0. The second-order valence-electron chi connectivity index (χ2n) is 6.16. The van der Waals surface area contributed by atoms with Crippen LogP contribution in [0.3, 0.4) is 0 Å². The molecule has 0 bridgehead atoms. The van der Waals surface area contributed by atoms with Crippen LogP contribution in [0.4, 0.5) is 0 Å². The molecular weight excluding hydrogens is 378 g/mol. The maximum Gasteiger partial charge on any atom is 0.188 e. The van der Waals surface area contributed by atoms with Gasteiger partial charge in [-0.15, -0.1) is 0 Å². The Kier molecular flexibility index (Phi) is 3.85. The fraction of sp³-hybridized carbons (Fsp3) is 0.0952. The monoisotopic (exact) mass is 392 g/mol. The van der Waals surface area contributed by atoms with Gasteiger partial charge in [0.2, 0.25) is 0 Å². The first kappa shape index (κ1) is 15.9. The van der Waals surface area contributed by atoms with Crippen LogP contribution in [0.25, 0.3) is 0 Å². The molecule has 25 heavy (non-hydrogen) atoms. The third-order valence-corrected chi connectivity index (χ3v) is 5.25. The Bertz CT molecular complexity index is 930. The predicted molar refractivity (Wildman–Crippen MR) is 97.6 cm³/mol. The lowest BCUT2D eigenvalue weighted by Gasteiger charge is -2.23. The zero-order valence-corrected chi connectivity index (χ0v) is 14.9. The van der Waals surface area contributed by atoms with Gasteiger partial charge in [-0.3, -0.25) is 9.59 Å². The summed E-state index contributed by atoms with van der Waals surface area (Å²) in [6, 6.07) is 20.2. The quantitative estimate of drug-likeness (QED) is 0.502. The van der Waals surface area contributed by atoms with E-state index in [2.05, 4.69) is 15.9 Å². The maximum atomic E-state index is 13.4. The van der Waals surface area contributed by atoms with E-state index in [9.17, 15) is 9.59 Å².